The molecule has 0 bridgehead atoms. The van der Waals surface area contributed by atoms with Crippen LogP contribution in [0.5, 0.6) is 0 Å². The number of carbonyl (C=O) groups excluding carboxylic acids is 1. The van der Waals surface area contributed by atoms with Crippen LogP contribution in [0.1, 0.15) is 44.2 Å². The normalized spacial score (nSPS) is 20.2. The van der Waals surface area contributed by atoms with E-state index in [0.717, 1.165) is 32.1 Å². The SMILES string of the molecule is CCCC(C)(N)C(=O)NC1CCc2ccccc2C1.Cl. The molecule has 2 unspecified atom stereocenters. The number of carbonyl (C=O) groups is 1. The van der Waals surface area contributed by atoms with Crippen LogP contribution in [0.25, 0.3) is 0 Å². The average molecular weight is 297 g/mol. The van der Waals surface area contributed by atoms with Crippen LogP contribution in [0, 0.1) is 0 Å². The van der Waals surface area contributed by atoms with Gasteiger partial charge in [-0.2, -0.15) is 0 Å². The Balaban J connectivity index is 0.00000200. The molecule has 1 amide bonds. The highest BCUT2D eigenvalue weighted by Gasteiger charge is 2.30. The second kappa shape index (κ2) is 7.09. The maximum absolute atomic E-state index is 12.2. The molecule has 0 aliphatic heterocycles. The van der Waals surface area contributed by atoms with E-state index >= 15 is 0 Å². The van der Waals surface area contributed by atoms with E-state index < -0.39 is 5.54 Å². The Labute approximate surface area is 127 Å². The van der Waals surface area contributed by atoms with Crippen molar-refractivity contribution in [3.05, 3.63) is 35.4 Å². The van der Waals surface area contributed by atoms with Crippen LogP contribution in [0.15, 0.2) is 24.3 Å². The molecule has 0 saturated heterocycles. The Hall–Kier alpha value is -1.06. The first-order valence-electron chi connectivity index (χ1n) is 7.19. The number of aryl methyl sites for hydroxylation is 1. The molecule has 112 valence electrons. The summed E-state index contributed by atoms with van der Waals surface area (Å²) >= 11 is 0. The Bertz CT molecular complexity index is 460. The second-order valence-corrected chi connectivity index (χ2v) is 5.85. The number of hydrogen-bond acceptors (Lipinski definition) is 2. The summed E-state index contributed by atoms with van der Waals surface area (Å²) in [5.74, 6) is -0.0151. The fraction of sp³-hybridized carbons (Fsp3) is 0.562. The van der Waals surface area contributed by atoms with E-state index in [-0.39, 0.29) is 24.4 Å². The lowest BCUT2D eigenvalue weighted by molar-refractivity contribution is -0.126. The zero-order valence-corrected chi connectivity index (χ0v) is 13.1. The minimum atomic E-state index is -0.744. The first-order valence-corrected chi connectivity index (χ1v) is 7.19. The standard InChI is InChI=1S/C16H24N2O.ClH/c1-3-10-16(2,17)15(19)18-14-9-8-12-6-4-5-7-13(12)11-14;/h4-7,14H,3,8-11,17H2,1-2H3,(H,18,19);1H. The molecular formula is C16H25ClN2O. The molecule has 4 heteroatoms. The summed E-state index contributed by atoms with van der Waals surface area (Å²) in [6.45, 7) is 3.87. The topological polar surface area (TPSA) is 55.1 Å². The predicted octanol–water partition coefficient (Wildman–Crippen LogP) is 2.60. The number of nitrogens with two attached hydrogens (primary N) is 1. The number of hydrogen-bond donors (Lipinski definition) is 2. The largest absolute Gasteiger partial charge is 0.351 e. The third-order valence-electron chi connectivity index (χ3n) is 3.97. The Morgan fingerprint density at radius 2 is 2.05 bits per heavy atom. The minimum absolute atomic E-state index is 0. The van der Waals surface area contributed by atoms with Crippen molar-refractivity contribution in [3.8, 4) is 0 Å². The van der Waals surface area contributed by atoms with Crippen molar-refractivity contribution in [2.45, 2.75) is 57.5 Å². The summed E-state index contributed by atoms with van der Waals surface area (Å²) in [5.41, 5.74) is 8.10. The molecule has 2 atom stereocenters. The maximum Gasteiger partial charge on any atom is 0.240 e. The summed E-state index contributed by atoms with van der Waals surface area (Å²) in [5, 5.41) is 3.12. The lowest BCUT2D eigenvalue weighted by atomic mass is 9.87. The first kappa shape index (κ1) is 17.0. The minimum Gasteiger partial charge on any atom is -0.351 e. The molecule has 3 nitrogen and oxygen atoms in total. The van der Waals surface area contributed by atoms with Gasteiger partial charge < -0.3 is 11.1 Å². The smallest absolute Gasteiger partial charge is 0.240 e. The molecular weight excluding hydrogens is 272 g/mol. The molecule has 1 aromatic rings. The maximum atomic E-state index is 12.2. The van der Waals surface area contributed by atoms with Gasteiger partial charge in [0, 0.05) is 6.04 Å². The molecule has 0 radical (unpaired) electrons. The van der Waals surface area contributed by atoms with E-state index in [1.54, 1.807) is 0 Å². The Kier molecular flexibility index (Phi) is 6.03. The van der Waals surface area contributed by atoms with Crippen molar-refractivity contribution in [1.29, 1.82) is 0 Å². The van der Waals surface area contributed by atoms with E-state index in [4.69, 9.17) is 5.73 Å². The summed E-state index contributed by atoms with van der Waals surface area (Å²) in [7, 11) is 0. The monoisotopic (exact) mass is 296 g/mol. The van der Waals surface area contributed by atoms with Gasteiger partial charge in [-0.15, -0.1) is 12.4 Å². The van der Waals surface area contributed by atoms with Gasteiger partial charge in [0.05, 0.1) is 5.54 Å². The number of halogens is 1. The van der Waals surface area contributed by atoms with Crippen molar-refractivity contribution >= 4 is 18.3 Å². The van der Waals surface area contributed by atoms with E-state index in [1.807, 2.05) is 6.92 Å². The van der Waals surface area contributed by atoms with Crippen molar-refractivity contribution in [3.63, 3.8) is 0 Å². The molecule has 0 fully saturated rings. The fourth-order valence-corrected chi connectivity index (χ4v) is 2.80. The lowest BCUT2D eigenvalue weighted by Crippen LogP contribution is -2.54. The number of fused-ring (bicyclic) bond motifs is 1. The Morgan fingerprint density at radius 1 is 1.40 bits per heavy atom. The molecule has 20 heavy (non-hydrogen) atoms. The number of nitrogens with one attached hydrogen (secondary N) is 1. The van der Waals surface area contributed by atoms with Gasteiger partial charge in [-0.1, -0.05) is 37.6 Å². The molecule has 1 aromatic carbocycles. The summed E-state index contributed by atoms with van der Waals surface area (Å²) in [4.78, 5) is 12.2. The molecule has 0 aromatic heterocycles. The molecule has 0 spiro atoms. The highest BCUT2D eigenvalue weighted by atomic mass is 35.5. The van der Waals surface area contributed by atoms with E-state index in [1.165, 1.54) is 11.1 Å². The van der Waals surface area contributed by atoms with Gasteiger partial charge in [-0.05, 0) is 43.7 Å². The quantitative estimate of drug-likeness (QED) is 0.897. The van der Waals surface area contributed by atoms with Gasteiger partial charge in [0.2, 0.25) is 5.91 Å². The van der Waals surface area contributed by atoms with Crippen LogP contribution in [-0.4, -0.2) is 17.5 Å². The van der Waals surface area contributed by atoms with Gasteiger partial charge in [0.1, 0.15) is 0 Å². The predicted molar refractivity (Wildman–Crippen MR) is 85.1 cm³/mol. The van der Waals surface area contributed by atoms with Crippen LogP contribution >= 0.6 is 12.4 Å². The van der Waals surface area contributed by atoms with Crippen LogP contribution < -0.4 is 11.1 Å². The molecule has 2 rings (SSSR count). The van der Waals surface area contributed by atoms with Crippen molar-refractivity contribution in [2.24, 2.45) is 5.73 Å². The first-order chi connectivity index (χ1) is 9.03. The molecule has 1 aliphatic rings. The van der Waals surface area contributed by atoms with E-state index in [9.17, 15) is 4.79 Å². The van der Waals surface area contributed by atoms with Crippen LogP contribution in [-0.2, 0) is 17.6 Å². The third-order valence-corrected chi connectivity index (χ3v) is 3.97. The second-order valence-electron chi connectivity index (χ2n) is 5.85. The Morgan fingerprint density at radius 3 is 2.70 bits per heavy atom. The summed E-state index contributed by atoms with van der Waals surface area (Å²) in [6.07, 6.45) is 4.61. The van der Waals surface area contributed by atoms with Crippen LogP contribution in [0.4, 0.5) is 0 Å². The zero-order valence-electron chi connectivity index (χ0n) is 12.3. The van der Waals surface area contributed by atoms with Gasteiger partial charge in [0.15, 0.2) is 0 Å². The third kappa shape index (κ3) is 3.97. The van der Waals surface area contributed by atoms with Crippen molar-refractivity contribution in [2.75, 3.05) is 0 Å². The molecule has 0 heterocycles. The van der Waals surface area contributed by atoms with Gasteiger partial charge in [0.25, 0.3) is 0 Å². The summed E-state index contributed by atoms with van der Waals surface area (Å²) in [6, 6.07) is 8.70. The molecule has 1 aliphatic carbocycles. The zero-order chi connectivity index (χ0) is 13.9. The van der Waals surface area contributed by atoms with Gasteiger partial charge >= 0.3 is 0 Å². The van der Waals surface area contributed by atoms with Crippen LogP contribution in [0.2, 0.25) is 0 Å². The van der Waals surface area contributed by atoms with Crippen molar-refractivity contribution < 1.29 is 4.79 Å². The average Bonchev–Trinajstić information content (AvgIpc) is 2.38. The number of amides is 1. The highest BCUT2D eigenvalue weighted by molar-refractivity contribution is 5.86. The number of rotatable bonds is 4. The van der Waals surface area contributed by atoms with Crippen LogP contribution in [0.3, 0.4) is 0 Å². The van der Waals surface area contributed by atoms with E-state index in [2.05, 4.69) is 36.5 Å². The highest BCUT2D eigenvalue weighted by Crippen LogP contribution is 2.21. The molecule has 0 saturated carbocycles. The fourth-order valence-electron chi connectivity index (χ4n) is 2.80. The van der Waals surface area contributed by atoms with Gasteiger partial charge in [-0.3, -0.25) is 4.79 Å². The van der Waals surface area contributed by atoms with Gasteiger partial charge in [-0.25, -0.2) is 0 Å². The lowest BCUT2D eigenvalue weighted by Gasteiger charge is -2.30. The molecule has 3 N–H and O–H groups in total. The number of benzene rings is 1. The van der Waals surface area contributed by atoms with E-state index in [0.29, 0.717) is 0 Å². The van der Waals surface area contributed by atoms with Crippen molar-refractivity contribution in [1.82, 2.24) is 5.32 Å². The summed E-state index contributed by atoms with van der Waals surface area (Å²) < 4.78 is 0.